The molecule has 108 valence electrons. The second-order valence-electron chi connectivity index (χ2n) is 4.48. The van der Waals surface area contributed by atoms with Crippen LogP contribution >= 0.6 is 11.6 Å². The summed E-state index contributed by atoms with van der Waals surface area (Å²) in [6.07, 6.45) is 1.92. The van der Waals surface area contributed by atoms with Crippen molar-refractivity contribution < 1.29 is 9.13 Å². The molecule has 1 aromatic carbocycles. The largest absolute Gasteiger partial charge is 0.397 e. The normalized spacial score (nSPS) is 11.1. The van der Waals surface area contributed by atoms with Crippen LogP contribution in [0, 0.1) is 5.82 Å². The number of methoxy groups -OCH3 is 1. The Labute approximate surface area is 119 Å². The highest BCUT2D eigenvalue weighted by molar-refractivity contribution is 6.31. The van der Waals surface area contributed by atoms with Gasteiger partial charge in [-0.05, 0) is 18.9 Å². The van der Waals surface area contributed by atoms with Gasteiger partial charge < -0.3 is 15.4 Å². The molecular formula is C14H22ClFN2O. The fourth-order valence-corrected chi connectivity index (χ4v) is 2.39. The van der Waals surface area contributed by atoms with E-state index in [1.54, 1.807) is 7.11 Å². The molecule has 0 atom stereocenters. The van der Waals surface area contributed by atoms with Crippen LogP contribution in [0.5, 0.6) is 0 Å². The Hall–Kier alpha value is -1.00. The third-order valence-electron chi connectivity index (χ3n) is 3.30. The topological polar surface area (TPSA) is 38.5 Å². The van der Waals surface area contributed by atoms with Gasteiger partial charge in [-0.25, -0.2) is 4.39 Å². The van der Waals surface area contributed by atoms with Crippen LogP contribution in [-0.4, -0.2) is 26.3 Å². The van der Waals surface area contributed by atoms with Crippen molar-refractivity contribution in [3.8, 4) is 0 Å². The maximum Gasteiger partial charge on any atom is 0.144 e. The zero-order valence-electron chi connectivity index (χ0n) is 11.7. The quantitative estimate of drug-likeness (QED) is 0.778. The molecule has 2 N–H and O–H groups in total. The van der Waals surface area contributed by atoms with E-state index >= 15 is 0 Å². The predicted molar refractivity (Wildman–Crippen MR) is 79.4 cm³/mol. The lowest BCUT2D eigenvalue weighted by atomic mass is 10.1. The minimum atomic E-state index is -0.445. The van der Waals surface area contributed by atoms with Crippen molar-refractivity contribution in [3.05, 3.63) is 23.0 Å². The Balaban J connectivity index is 3.12. The number of nitrogen functional groups attached to an aromatic ring is 1. The smallest absolute Gasteiger partial charge is 0.144 e. The number of hydrogen-bond donors (Lipinski definition) is 1. The summed E-state index contributed by atoms with van der Waals surface area (Å²) in [6.45, 7) is 5.46. The van der Waals surface area contributed by atoms with E-state index in [0.29, 0.717) is 30.6 Å². The minimum Gasteiger partial charge on any atom is -0.397 e. The number of rotatable bonds is 7. The van der Waals surface area contributed by atoms with Crippen LogP contribution in [0.4, 0.5) is 15.8 Å². The molecule has 0 unspecified atom stereocenters. The molecular weight excluding hydrogens is 267 g/mol. The fraction of sp³-hybridized carbons (Fsp3) is 0.571. The van der Waals surface area contributed by atoms with Gasteiger partial charge in [-0.2, -0.15) is 0 Å². The highest BCUT2D eigenvalue weighted by Crippen LogP contribution is 2.31. The van der Waals surface area contributed by atoms with Crippen LogP contribution in [0.15, 0.2) is 12.1 Å². The van der Waals surface area contributed by atoms with E-state index in [1.807, 2.05) is 0 Å². The van der Waals surface area contributed by atoms with Gasteiger partial charge in [0.1, 0.15) is 5.82 Å². The van der Waals surface area contributed by atoms with Crippen molar-refractivity contribution in [2.24, 2.45) is 0 Å². The summed E-state index contributed by atoms with van der Waals surface area (Å²) in [5, 5.41) is 0.0532. The molecule has 19 heavy (non-hydrogen) atoms. The Kier molecular flexibility index (Phi) is 6.38. The Morgan fingerprint density at radius 1 is 1.37 bits per heavy atom. The van der Waals surface area contributed by atoms with Crippen molar-refractivity contribution in [2.45, 2.75) is 32.7 Å². The van der Waals surface area contributed by atoms with Crippen molar-refractivity contribution >= 4 is 23.0 Å². The van der Waals surface area contributed by atoms with Crippen molar-refractivity contribution in [1.82, 2.24) is 0 Å². The Morgan fingerprint density at radius 3 is 2.53 bits per heavy atom. The molecule has 1 aromatic rings. The molecule has 0 aliphatic rings. The standard InChI is InChI=1S/C14H22ClFN2O/c1-4-10(5-2)18(6-7-19-3)14-9-12(16)11(15)8-13(14)17/h8-10H,4-7,17H2,1-3H3. The Morgan fingerprint density at radius 2 is 2.00 bits per heavy atom. The predicted octanol–water partition coefficient (Wildman–Crippen LogP) is 3.70. The molecule has 5 heteroatoms. The lowest BCUT2D eigenvalue weighted by Crippen LogP contribution is -2.37. The average Bonchev–Trinajstić information content (AvgIpc) is 2.39. The SMILES string of the molecule is CCC(CC)N(CCOC)c1cc(F)c(Cl)cc1N. The van der Waals surface area contributed by atoms with Gasteiger partial charge in [0.05, 0.1) is 23.0 Å². The van der Waals surface area contributed by atoms with Gasteiger partial charge in [0.15, 0.2) is 0 Å². The number of hydrogen-bond acceptors (Lipinski definition) is 3. The molecule has 0 saturated heterocycles. The molecule has 0 saturated carbocycles. The first kappa shape index (κ1) is 16.1. The molecule has 0 aliphatic heterocycles. The lowest BCUT2D eigenvalue weighted by Gasteiger charge is -2.33. The molecule has 0 radical (unpaired) electrons. The first-order valence-electron chi connectivity index (χ1n) is 6.55. The highest BCUT2D eigenvalue weighted by Gasteiger charge is 2.19. The third kappa shape index (κ3) is 3.98. The molecule has 0 fully saturated rings. The number of nitrogens with zero attached hydrogens (tertiary/aromatic N) is 1. The van der Waals surface area contributed by atoms with Gasteiger partial charge in [0.2, 0.25) is 0 Å². The lowest BCUT2D eigenvalue weighted by molar-refractivity contribution is 0.202. The zero-order chi connectivity index (χ0) is 14.4. The van der Waals surface area contributed by atoms with E-state index in [0.717, 1.165) is 12.8 Å². The number of benzene rings is 1. The van der Waals surface area contributed by atoms with Crippen molar-refractivity contribution in [3.63, 3.8) is 0 Å². The van der Waals surface area contributed by atoms with Crippen LogP contribution in [-0.2, 0) is 4.74 Å². The number of halogens is 2. The summed E-state index contributed by atoms with van der Waals surface area (Å²) < 4.78 is 18.8. The van der Waals surface area contributed by atoms with Crippen LogP contribution in [0.3, 0.4) is 0 Å². The van der Waals surface area contributed by atoms with Gasteiger partial charge in [0.25, 0.3) is 0 Å². The van der Waals surface area contributed by atoms with Crippen molar-refractivity contribution in [2.75, 3.05) is 30.9 Å². The van der Waals surface area contributed by atoms with E-state index in [9.17, 15) is 4.39 Å². The van der Waals surface area contributed by atoms with Crippen LogP contribution in [0.2, 0.25) is 5.02 Å². The summed E-state index contributed by atoms with van der Waals surface area (Å²) in [5.41, 5.74) is 7.16. The van der Waals surface area contributed by atoms with Crippen LogP contribution in [0.25, 0.3) is 0 Å². The van der Waals surface area contributed by atoms with E-state index in [1.165, 1.54) is 12.1 Å². The monoisotopic (exact) mass is 288 g/mol. The molecule has 0 aliphatic carbocycles. The van der Waals surface area contributed by atoms with Crippen molar-refractivity contribution in [1.29, 1.82) is 0 Å². The number of nitrogens with two attached hydrogens (primary N) is 1. The molecule has 1 rings (SSSR count). The maximum atomic E-state index is 13.7. The third-order valence-corrected chi connectivity index (χ3v) is 3.59. The second-order valence-corrected chi connectivity index (χ2v) is 4.89. The highest BCUT2D eigenvalue weighted by atomic mass is 35.5. The van der Waals surface area contributed by atoms with Gasteiger partial charge in [-0.3, -0.25) is 0 Å². The van der Waals surface area contributed by atoms with Crippen LogP contribution < -0.4 is 10.6 Å². The first-order valence-corrected chi connectivity index (χ1v) is 6.92. The van der Waals surface area contributed by atoms with Gasteiger partial charge in [-0.15, -0.1) is 0 Å². The van der Waals surface area contributed by atoms with Crippen LogP contribution in [0.1, 0.15) is 26.7 Å². The van der Waals surface area contributed by atoms with Gasteiger partial charge in [0, 0.05) is 25.8 Å². The fourth-order valence-electron chi connectivity index (χ4n) is 2.22. The minimum absolute atomic E-state index is 0.0532. The summed E-state index contributed by atoms with van der Waals surface area (Å²) in [6, 6.07) is 3.18. The summed E-state index contributed by atoms with van der Waals surface area (Å²) >= 11 is 5.74. The van der Waals surface area contributed by atoms with Gasteiger partial charge >= 0.3 is 0 Å². The maximum absolute atomic E-state index is 13.7. The van der Waals surface area contributed by atoms with E-state index in [4.69, 9.17) is 22.1 Å². The molecule has 0 aromatic heterocycles. The molecule has 0 spiro atoms. The van der Waals surface area contributed by atoms with Gasteiger partial charge in [-0.1, -0.05) is 25.4 Å². The molecule has 3 nitrogen and oxygen atoms in total. The first-order chi connectivity index (χ1) is 9.04. The van der Waals surface area contributed by atoms with E-state index < -0.39 is 5.82 Å². The average molecular weight is 289 g/mol. The molecule has 0 heterocycles. The van der Waals surface area contributed by atoms with E-state index in [2.05, 4.69) is 18.7 Å². The summed E-state index contributed by atoms with van der Waals surface area (Å²) in [5.74, 6) is -0.445. The summed E-state index contributed by atoms with van der Waals surface area (Å²) in [7, 11) is 1.65. The Bertz CT molecular complexity index is 411. The second kappa shape index (κ2) is 7.56. The zero-order valence-corrected chi connectivity index (χ0v) is 12.5. The molecule has 0 amide bonds. The molecule has 0 bridgehead atoms. The number of ether oxygens (including phenoxy) is 1. The number of anilines is 2. The summed E-state index contributed by atoms with van der Waals surface area (Å²) in [4.78, 5) is 2.10. The van der Waals surface area contributed by atoms with E-state index in [-0.39, 0.29) is 5.02 Å².